The highest BCUT2D eigenvalue weighted by atomic mass is 32.8. The predicted octanol–water partition coefficient (Wildman–Crippen LogP) is -2.89. The Labute approximate surface area is 115 Å². The summed E-state index contributed by atoms with van der Waals surface area (Å²) in [5.41, 5.74) is 0. The van der Waals surface area contributed by atoms with Crippen LogP contribution in [-0.2, 0) is 33.6 Å². The standard InChI is InChI=1S/C9H18O8S2/c1-15-19(14,18)3-2-16-9-8(13)7(12)6(11)5(4-10)17-9/h5-13H,2-4H2,1H3/t5?,6-,7+,8?,9+,19?/m1/s1. The van der Waals surface area contributed by atoms with Crippen molar-refractivity contribution in [1.29, 1.82) is 0 Å². The van der Waals surface area contributed by atoms with E-state index in [2.05, 4.69) is 15.4 Å². The number of aliphatic hydroxyl groups is 4. The average Bonchev–Trinajstić information content (AvgIpc) is 2.38. The molecule has 114 valence electrons. The molecular formula is C9H18O8S2. The van der Waals surface area contributed by atoms with Crippen molar-refractivity contribution in [2.24, 2.45) is 0 Å². The first-order chi connectivity index (χ1) is 8.82. The van der Waals surface area contributed by atoms with E-state index in [1.54, 1.807) is 0 Å². The Morgan fingerprint density at radius 3 is 2.42 bits per heavy atom. The van der Waals surface area contributed by atoms with Crippen LogP contribution in [0.5, 0.6) is 0 Å². The van der Waals surface area contributed by atoms with Crippen LogP contribution in [0.4, 0.5) is 0 Å². The molecule has 0 spiro atoms. The van der Waals surface area contributed by atoms with Gasteiger partial charge >= 0.3 is 0 Å². The number of hydrogen-bond acceptors (Lipinski definition) is 9. The summed E-state index contributed by atoms with van der Waals surface area (Å²) in [6.07, 6.45) is -6.73. The van der Waals surface area contributed by atoms with E-state index >= 15 is 0 Å². The van der Waals surface area contributed by atoms with Crippen molar-refractivity contribution in [3.63, 3.8) is 0 Å². The second-order valence-electron chi connectivity index (χ2n) is 4.00. The zero-order valence-corrected chi connectivity index (χ0v) is 11.9. The first kappa shape index (κ1) is 17.1. The van der Waals surface area contributed by atoms with Crippen LogP contribution in [0, 0.1) is 0 Å². The van der Waals surface area contributed by atoms with E-state index in [1.165, 1.54) is 7.11 Å². The third-order valence-corrected chi connectivity index (χ3v) is 4.80. The molecule has 1 aliphatic heterocycles. The van der Waals surface area contributed by atoms with Crippen molar-refractivity contribution in [3.8, 4) is 0 Å². The molecule has 0 amide bonds. The first-order valence-electron chi connectivity index (χ1n) is 5.53. The number of rotatable bonds is 6. The minimum atomic E-state index is -2.87. The van der Waals surface area contributed by atoms with Gasteiger partial charge in [-0.2, -0.15) is 0 Å². The number of aliphatic hydroxyl groups excluding tert-OH is 4. The number of hydrogen-bond donors (Lipinski definition) is 4. The minimum Gasteiger partial charge on any atom is -0.394 e. The maximum atomic E-state index is 11.4. The van der Waals surface area contributed by atoms with Gasteiger partial charge in [0.2, 0.25) is 0 Å². The molecule has 8 nitrogen and oxygen atoms in total. The molecule has 0 aromatic rings. The normalized spacial score (nSPS) is 38.9. The molecule has 3 unspecified atom stereocenters. The Morgan fingerprint density at radius 2 is 1.89 bits per heavy atom. The summed E-state index contributed by atoms with van der Waals surface area (Å²) in [6.45, 7) is -0.667. The minimum absolute atomic E-state index is 0.0894. The molecule has 6 atom stereocenters. The van der Waals surface area contributed by atoms with Crippen LogP contribution >= 0.6 is 0 Å². The summed E-state index contributed by atoms with van der Waals surface area (Å²) in [7, 11) is -1.66. The summed E-state index contributed by atoms with van der Waals surface area (Å²) in [5, 5.41) is 37.6. The summed E-state index contributed by atoms with van der Waals surface area (Å²) >= 11 is 4.62. The van der Waals surface area contributed by atoms with Crippen LogP contribution in [0.15, 0.2) is 0 Å². The third-order valence-electron chi connectivity index (χ3n) is 2.72. The van der Waals surface area contributed by atoms with Gasteiger partial charge in [-0.25, -0.2) is 4.21 Å². The molecule has 0 bridgehead atoms. The van der Waals surface area contributed by atoms with Gasteiger partial charge in [-0.15, -0.1) is 0 Å². The zero-order chi connectivity index (χ0) is 14.6. The van der Waals surface area contributed by atoms with Crippen LogP contribution < -0.4 is 0 Å². The molecule has 4 N–H and O–H groups in total. The third kappa shape index (κ3) is 4.55. The van der Waals surface area contributed by atoms with Gasteiger partial charge in [-0.1, -0.05) is 0 Å². The maximum Gasteiger partial charge on any atom is 0.186 e. The summed E-state index contributed by atoms with van der Waals surface area (Å²) in [6, 6.07) is 0. The SMILES string of the molecule is COS(=O)(=S)CCO[C@H]1OC(CO)[C@@H](O)[C@H](O)C1O. The highest BCUT2D eigenvalue weighted by Crippen LogP contribution is 2.21. The first-order valence-corrected chi connectivity index (χ1v) is 8.10. The molecule has 0 aromatic carbocycles. The molecule has 1 saturated heterocycles. The van der Waals surface area contributed by atoms with Crippen LogP contribution in [0.3, 0.4) is 0 Å². The number of ether oxygens (including phenoxy) is 2. The highest BCUT2D eigenvalue weighted by Gasteiger charge is 2.43. The van der Waals surface area contributed by atoms with E-state index in [0.29, 0.717) is 0 Å². The Morgan fingerprint density at radius 1 is 1.26 bits per heavy atom. The molecule has 0 radical (unpaired) electrons. The summed E-state index contributed by atoms with van der Waals surface area (Å²) in [5.74, 6) is -0.0894. The Kier molecular flexibility index (Phi) is 6.50. The monoisotopic (exact) mass is 318 g/mol. The molecule has 1 rings (SSSR count). The predicted molar refractivity (Wildman–Crippen MR) is 67.1 cm³/mol. The van der Waals surface area contributed by atoms with Gasteiger partial charge in [0.25, 0.3) is 0 Å². The molecule has 19 heavy (non-hydrogen) atoms. The molecule has 1 fully saturated rings. The lowest BCUT2D eigenvalue weighted by Crippen LogP contribution is -2.59. The Bertz CT molecular complexity index is 370. The fourth-order valence-corrected chi connectivity index (χ4v) is 2.23. The van der Waals surface area contributed by atoms with Crippen molar-refractivity contribution >= 4 is 20.0 Å². The topological polar surface area (TPSA) is 126 Å². The second kappa shape index (κ2) is 7.20. The van der Waals surface area contributed by atoms with Crippen LogP contribution in [0.2, 0.25) is 0 Å². The van der Waals surface area contributed by atoms with Crippen molar-refractivity contribution in [3.05, 3.63) is 0 Å². The zero-order valence-electron chi connectivity index (χ0n) is 10.2. The van der Waals surface area contributed by atoms with Gasteiger partial charge in [0, 0.05) is 11.2 Å². The molecule has 10 heteroatoms. The van der Waals surface area contributed by atoms with Gasteiger partial charge in [0.1, 0.15) is 33.2 Å². The van der Waals surface area contributed by atoms with E-state index in [4.69, 9.17) is 14.6 Å². The van der Waals surface area contributed by atoms with E-state index in [9.17, 15) is 19.5 Å². The average molecular weight is 318 g/mol. The van der Waals surface area contributed by atoms with Crippen LogP contribution in [-0.4, -0.2) is 81.4 Å². The van der Waals surface area contributed by atoms with Gasteiger partial charge in [-0.3, -0.25) is 4.18 Å². The van der Waals surface area contributed by atoms with E-state index < -0.39 is 46.1 Å². The lowest BCUT2D eigenvalue weighted by molar-refractivity contribution is -0.299. The lowest BCUT2D eigenvalue weighted by atomic mass is 9.99. The smallest absolute Gasteiger partial charge is 0.186 e. The van der Waals surface area contributed by atoms with Gasteiger partial charge in [0.15, 0.2) is 6.29 Å². The highest BCUT2D eigenvalue weighted by molar-refractivity contribution is 8.30. The van der Waals surface area contributed by atoms with Gasteiger partial charge in [-0.05, 0) is 0 Å². The van der Waals surface area contributed by atoms with E-state index in [0.717, 1.165) is 0 Å². The summed E-state index contributed by atoms with van der Waals surface area (Å²) in [4.78, 5) is 0. The Balaban J connectivity index is 2.53. The summed E-state index contributed by atoms with van der Waals surface area (Å²) < 4.78 is 26.1. The van der Waals surface area contributed by atoms with Crippen molar-refractivity contribution in [2.75, 3.05) is 26.1 Å². The lowest BCUT2D eigenvalue weighted by Gasteiger charge is -2.39. The van der Waals surface area contributed by atoms with Crippen molar-refractivity contribution < 1.29 is 38.3 Å². The van der Waals surface area contributed by atoms with E-state index in [-0.39, 0.29) is 12.4 Å². The molecule has 0 saturated carbocycles. The van der Waals surface area contributed by atoms with Crippen LogP contribution in [0.1, 0.15) is 0 Å². The van der Waals surface area contributed by atoms with E-state index in [1.807, 2.05) is 0 Å². The van der Waals surface area contributed by atoms with Gasteiger partial charge < -0.3 is 29.9 Å². The Hall–Kier alpha value is 0.0900. The fraction of sp³-hybridized carbons (Fsp3) is 1.00. The van der Waals surface area contributed by atoms with Crippen molar-refractivity contribution in [2.45, 2.75) is 30.7 Å². The van der Waals surface area contributed by atoms with Crippen molar-refractivity contribution in [1.82, 2.24) is 0 Å². The molecule has 0 aliphatic carbocycles. The second-order valence-corrected chi connectivity index (χ2v) is 7.38. The molecule has 0 aromatic heterocycles. The van der Waals surface area contributed by atoms with Crippen LogP contribution in [0.25, 0.3) is 0 Å². The molecule has 1 aliphatic rings. The molecular weight excluding hydrogens is 300 g/mol. The molecule has 1 heterocycles. The maximum absolute atomic E-state index is 11.4. The van der Waals surface area contributed by atoms with Gasteiger partial charge in [0.05, 0.1) is 26.1 Å². The fourth-order valence-electron chi connectivity index (χ4n) is 1.55. The largest absolute Gasteiger partial charge is 0.394 e. The quantitative estimate of drug-likeness (QED) is 0.408.